The maximum atomic E-state index is 12.1. The van der Waals surface area contributed by atoms with Crippen LogP contribution in [0.25, 0.3) is 0 Å². The maximum Gasteiger partial charge on any atom is 0.232 e. The Kier molecular flexibility index (Phi) is 5.79. The highest BCUT2D eigenvalue weighted by molar-refractivity contribution is 9.10. The van der Waals surface area contributed by atoms with E-state index in [1.807, 2.05) is 24.3 Å². The second-order valence-electron chi connectivity index (χ2n) is 4.95. The van der Waals surface area contributed by atoms with E-state index < -0.39 is 10.0 Å². The molecule has 2 aromatic carbocycles. The molecule has 0 fully saturated rings. The van der Waals surface area contributed by atoms with E-state index in [1.165, 1.54) is 4.31 Å². The standard InChI is InChI=1S/C16H17BrN2O3S/c1-23(21,22)19(13-7-3-2-4-8-13)12-11-16(20)18-15-10-6-5-9-14(15)17/h2-10H,11-12H2,1H3,(H,18,20). The molecule has 2 aromatic rings. The van der Waals surface area contributed by atoms with Gasteiger partial charge in [-0.1, -0.05) is 30.3 Å². The lowest BCUT2D eigenvalue weighted by atomic mass is 10.3. The van der Waals surface area contributed by atoms with Crippen LogP contribution in [-0.4, -0.2) is 27.1 Å². The summed E-state index contributed by atoms with van der Waals surface area (Å²) in [5.41, 5.74) is 1.20. The van der Waals surface area contributed by atoms with Crippen molar-refractivity contribution in [3.05, 3.63) is 59.1 Å². The van der Waals surface area contributed by atoms with Crippen LogP contribution in [0.15, 0.2) is 59.1 Å². The lowest BCUT2D eigenvalue weighted by Gasteiger charge is -2.22. The summed E-state index contributed by atoms with van der Waals surface area (Å²) in [4.78, 5) is 12.1. The second-order valence-corrected chi connectivity index (χ2v) is 7.71. The molecule has 0 unspecified atom stereocenters. The molecule has 23 heavy (non-hydrogen) atoms. The average molecular weight is 397 g/mol. The van der Waals surface area contributed by atoms with E-state index in [0.717, 1.165) is 10.7 Å². The highest BCUT2D eigenvalue weighted by atomic mass is 79.9. The van der Waals surface area contributed by atoms with Crippen LogP contribution < -0.4 is 9.62 Å². The molecule has 0 radical (unpaired) electrons. The van der Waals surface area contributed by atoms with Gasteiger partial charge < -0.3 is 5.32 Å². The first kappa shape index (κ1) is 17.5. The molecule has 0 bridgehead atoms. The van der Waals surface area contributed by atoms with Crippen molar-refractivity contribution >= 4 is 43.2 Å². The van der Waals surface area contributed by atoms with E-state index in [9.17, 15) is 13.2 Å². The van der Waals surface area contributed by atoms with Crippen molar-refractivity contribution in [1.82, 2.24) is 0 Å². The Morgan fingerprint density at radius 3 is 2.30 bits per heavy atom. The summed E-state index contributed by atoms with van der Waals surface area (Å²) in [6, 6.07) is 16.0. The van der Waals surface area contributed by atoms with Crippen LogP contribution in [0.1, 0.15) is 6.42 Å². The molecule has 5 nitrogen and oxygen atoms in total. The summed E-state index contributed by atoms with van der Waals surface area (Å²) in [5, 5.41) is 2.76. The first-order chi connectivity index (χ1) is 10.9. The number of amides is 1. The number of hydrogen-bond acceptors (Lipinski definition) is 3. The van der Waals surface area contributed by atoms with E-state index in [2.05, 4.69) is 21.2 Å². The van der Waals surface area contributed by atoms with E-state index in [1.54, 1.807) is 30.3 Å². The van der Waals surface area contributed by atoms with E-state index >= 15 is 0 Å². The Balaban J connectivity index is 2.05. The molecule has 0 aliphatic carbocycles. The molecular weight excluding hydrogens is 380 g/mol. The minimum Gasteiger partial charge on any atom is -0.325 e. The van der Waals surface area contributed by atoms with Gasteiger partial charge in [-0.2, -0.15) is 0 Å². The van der Waals surface area contributed by atoms with Crippen molar-refractivity contribution in [1.29, 1.82) is 0 Å². The molecule has 7 heteroatoms. The summed E-state index contributed by atoms with van der Waals surface area (Å²) in [5.74, 6) is -0.249. The van der Waals surface area contributed by atoms with Gasteiger partial charge in [-0.15, -0.1) is 0 Å². The van der Waals surface area contributed by atoms with Crippen molar-refractivity contribution in [3.8, 4) is 0 Å². The van der Waals surface area contributed by atoms with Crippen LogP contribution in [-0.2, 0) is 14.8 Å². The summed E-state index contributed by atoms with van der Waals surface area (Å²) < 4.78 is 25.9. The summed E-state index contributed by atoms with van der Waals surface area (Å²) >= 11 is 3.35. The minimum absolute atomic E-state index is 0.0588. The monoisotopic (exact) mass is 396 g/mol. The number of carbonyl (C=O) groups excluding carboxylic acids is 1. The number of halogens is 1. The average Bonchev–Trinajstić information content (AvgIpc) is 2.49. The predicted octanol–water partition coefficient (Wildman–Crippen LogP) is 3.24. The lowest BCUT2D eigenvalue weighted by molar-refractivity contribution is -0.116. The van der Waals surface area contributed by atoms with Crippen LogP contribution in [0.5, 0.6) is 0 Å². The highest BCUT2D eigenvalue weighted by Gasteiger charge is 2.18. The summed E-state index contributed by atoms with van der Waals surface area (Å²) in [6.45, 7) is 0.0825. The van der Waals surface area contributed by atoms with Crippen molar-refractivity contribution in [2.45, 2.75) is 6.42 Å². The molecule has 0 spiro atoms. The molecular formula is C16H17BrN2O3S. The first-order valence-corrected chi connectivity index (χ1v) is 9.59. The number of nitrogens with zero attached hydrogens (tertiary/aromatic N) is 1. The largest absolute Gasteiger partial charge is 0.325 e. The molecule has 0 aliphatic rings. The maximum absolute atomic E-state index is 12.1. The summed E-state index contributed by atoms with van der Waals surface area (Å²) in [6.07, 6.45) is 1.19. The number of para-hydroxylation sites is 2. The first-order valence-electron chi connectivity index (χ1n) is 6.95. The molecule has 0 saturated heterocycles. The minimum atomic E-state index is -3.45. The van der Waals surface area contributed by atoms with Crippen molar-refractivity contribution in [2.75, 3.05) is 22.4 Å². The Bertz CT molecular complexity index is 779. The number of hydrogen-bond donors (Lipinski definition) is 1. The third kappa shape index (κ3) is 5.07. The van der Waals surface area contributed by atoms with Gasteiger partial charge in [0.2, 0.25) is 15.9 Å². The Labute approximate surface area is 144 Å². The molecule has 122 valence electrons. The highest BCUT2D eigenvalue weighted by Crippen LogP contribution is 2.22. The third-order valence-electron chi connectivity index (χ3n) is 3.13. The van der Waals surface area contributed by atoms with Crippen LogP contribution in [0.4, 0.5) is 11.4 Å². The molecule has 0 aliphatic heterocycles. The van der Waals surface area contributed by atoms with Crippen molar-refractivity contribution < 1.29 is 13.2 Å². The third-order valence-corrected chi connectivity index (χ3v) is 5.02. The topological polar surface area (TPSA) is 66.5 Å². The smallest absolute Gasteiger partial charge is 0.232 e. The molecule has 0 heterocycles. The Morgan fingerprint density at radius 1 is 1.09 bits per heavy atom. The van der Waals surface area contributed by atoms with Crippen LogP contribution >= 0.6 is 15.9 Å². The van der Waals surface area contributed by atoms with Crippen LogP contribution in [0, 0.1) is 0 Å². The van der Waals surface area contributed by atoms with Gasteiger partial charge in [-0.3, -0.25) is 9.10 Å². The van der Waals surface area contributed by atoms with Crippen molar-refractivity contribution in [3.63, 3.8) is 0 Å². The molecule has 1 N–H and O–H groups in total. The van der Waals surface area contributed by atoms with Gasteiger partial charge in [0, 0.05) is 17.4 Å². The lowest BCUT2D eigenvalue weighted by Crippen LogP contribution is -2.33. The SMILES string of the molecule is CS(=O)(=O)N(CCC(=O)Nc1ccccc1Br)c1ccccc1. The molecule has 0 aromatic heterocycles. The molecule has 1 amide bonds. The Hall–Kier alpha value is -1.86. The van der Waals surface area contributed by atoms with Crippen LogP contribution in [0.2, 0.25) is 0 Å². The zero-order valence-electron chi connectivity index (χ0n) is 12.6. The van der Waals surface area contributed by atoms with E-state index in [-0.39, 0.29) is 18.9 Å². The normalized spacial score (nSPS) is 11.0. The predicted molar refractivity (Wildman–Crippen MR) is 96.0 cm³/mol. The van der Waals surface area contributed by atoms with Gasteiger partial charge in [-0.25, -0.2) is 8.42 Å². The van der Waals surface area contributed by atoms with E-state index in [4.69, 9.17) is 0 Å². The quantitative estimate of drug-likeness (QED) is 0.814. The molecule has 0 atom stereocenters. The van der Waals surface area contributed by atoms with Gasteiger partial charge >= 0.3 is 0 Å². The number of sulfonamides is 1. The van der Waals surface area contributed by atoms with Gasteiger partial charge in [0.25, 0.3) is 0 Å². The molecule has 0 saturated carbocycles. The second kappa shape index (κ2) is 7.61. The fourth-order valence-corrected chi connectivity index (χ4v) is 3.37. The number of carbonyl (C=O) groups is 1. The van der Waals surface area contributed by atoms with E-state index in [0.29, 0.717) is 11.4 Å². The molecule has 2 rings (SSSR count). The Morgan fingerprint density at radius 2 is 1.70 bits per heavy atom. The fraction of sp³-hybridized carbons (Fsp3) is 0.188. The van der Waals surface area contributed by atoms with Crippen LogP contribution in [0.3, 0.4) is 0 Å². The summed E-state index contributed by atoms with van der Waals surface area (Å²) in [7, 11) is -3.45. The number of rotatable bonds is 6. The van der Waals surface area contributed by atoms with Gasteiger partial charge in [-0.05, 0) is 40.2 Å². The number of benzene rings is 2. The van der Waals surface area contributed by atoms with Gasteiger partial charge in [0.1, 0.15) is 0 Å². The number of nitrogens with one attached hydrogen (secondary N) is 1. The van der Waals surface area contributed by atoms with Gasteiger partial charge in [0.15, 0.2) is 0 Å². The van der Waals surface area contributed by atoms with Gasteiger partial charge in [0.05, 0.1) is 17.6 Å². The van der Waals surface area contributed by atoms with Crippen molar-refractivity contribution in [2.24, 2.45) is 0 Å². The number of anilines is 2. The zero-order valence-corrected chi connectivity index (χ0v) is 15.0. The fourth-order valence-electron chi connectivity index (χ4n) is 2.06. The zero-order chi connectivity index (χ0) is 16.9.